The molecule has 19 heavy (non-hydrogen) atoms. The van der Waals surface area contributed by atoms with Crippen LogP contribution in [0.25, 0.3) is 11.0 Å². The molecular formula is C13H11N3O3. The summed E-state index contributed by atoms with van der Waals surface area (Å²) in [5, 5.41) is 17.0. The van der Waals surface area contributed by atoms with E-state index in [1.165, 1.54) is 6.07 Å². The minimum Gasteiger partial charge on any atom is -0.478 e. The van der Waals surface area contributed by atoms with Crippen molar-refractivity contribution in [2.75, 3.05) is 0 Å². The monoisotopic (exact) mass is 257 g/mol. The number of rotatable bonds is 3. The summed E-state index contributed by atoms with van der Waals surface area (Å²) >= 11 is 0. The Morgan fingerprint density at radius 2 is 2.21 bits per heavy atom. The van der Waals surface area contributed by atoms with E-state index in [2.05, 4.69) is 10.3 Å². The molecule has 1 N–H and O–H groups in total. The van der Waals surface area contributed by atoms with E-state index >= 15 is 0 Å². The minimum atomic E-state index is -0.969. The number of furan rings is 1. The molecule has 0 bridgehead atoms. The second kappa shape index (κ2) is 4.24. The second-order valence-corrected chi connectivity index (χ2v) is 4.27. The average molecular weight is 257 g/mol. The van der Waals surface area contributed by atoms with Crippen molar-refractivity contribution in [1.82, 2.24) is 15.0 Å². The normalized spacial score (nSPS) is 11.0. The Labute approximate surface area is 108 Å². The summed E-state index contributed by atoms with van der Waals surface area (Å²) in [4.78, 5) is 11.0. The zero-order valence-corrected chi connectivity index (χ0v) is 10.2. The molecule has 6 nitrogen and oxygen atoms in total. The highest BCUT2D eigenvalue weighted by molar-refractivity contribution is 5.92. The van der Waals surface area contributed by atoms with Gasteiger partial charge >= 0.3 is 5.97 Å². The first kappa shape index (κ1) is 11.5. The van der Waals surface area contributed by atoms with E-state index < -0.39 is 5.97 Å². The molecule has 3 rings (SSSR count). The molecule has 0 aliphatic rings. The molecule has 0 spiro atoms. The fraction of sp³-hybridized carbons (Fsp3) is 0.154. The van der Waals surface area contributed by atoms with Crippen LogP contribution in [-0.2, 0) is 6.54 Å². The van der Waals surface area contributed by atoms with Gasteiger partial charge in [0.15, 0.2) is 0 Å². The molecule has 3 aromatic rings. The summed E-state index contributed by atoms with van der Waals surface area (Å²) in [5.41, 5.74) is 1.55. The van der Waals surface area contributed by atoms with E-state index in [1.807, 2.05) is 19.1 Å². The van der Waals surface area contributed by atoms with Crippen LogP contribution in [0, 0.1) is 6.92 Å². The second-order valence-electron chi connectivity index (χ2n) is 4.27. The van der Waals surface area contributed by atoms with Crippen LogP contribution in [0.1, 0.15) is 21.9 Å². The number of aromatic carboxylic acids is 1. The summed E-state index contributed by atoms with van der Waals surface area (Å²) in [5.74, 6) is 0.610. The zero-order valence-electron chi connectivity index (χ0n) is 10.2. The predicted molar refractivity (Wildman–Crippen MR) is 67.0 cm³/mol. The van der Waals surface area contributed by atoms with Crippen LogP contribution in [-0.4, -0.2) is 26.1 Å². The molecule has 0 radical (unpaired) electrons. The Morgan fingerprint density at radius 3 is 2.89 bits per heavy atom. The number of hydrogen-bond donors (Lipinski definition) is 1. The molecule has 0 atom stereocenters. The van der Waals surface area contributed by atoms with Crippen LogP contribution in [0.3, 0.4) is 0 Å². The Balaban J connectivity index is 2.03. The van der Waals surface area contributed by atoms with Crippen LogP contribution in [0.5, 0.6) is 0 Å². The summed E-state index contributed by atoms with van der Waals surface area (Å²) in [7, 11) is 0. The fourth-order valence-corrected chi connectivity index (χ4v) is 1.93. The lowest BCUT2D eigenvalue weighted by atomic mass is 10.2. The number of nitrogens with zero attached hydrogens (tertiary/aromatic N) is 3. The van der Waals surface area contributed by atoms with Gasteiger partial charge in [-0.1, -0.05) is 5.21 Å². The van der Waals surface area contributed by atoms with Gasteiger partial charge in [-0.15, -0.1) is 5.10 Å². The lowest BCUT2D eigenvalue weighted by Gasteiger charge is -2.00. The van der Waals surface area contributed by atoms with Gasteiger partial charge < -0.3 is 9.52 Å². The summed E-state index contributed by atoms with van der Waals surface area (Å²) in [6.07, 6.45) is 0. The summed E-state index contributed by atoms with van der Waals surface area (Å²) in [6.45, 7) is 2.29. The predicted octanol–water partition coefficient (Wildman–Crippen LogP) is 2.08. The number of carbonyl (C=O) groups is 1. The number of aryl methyl sites for hydroxylation is 1. The van der Waals surface area contributed by atoms with Crippen LogP contribution in [0.4, 0.5) is 0 Å². The first-order valence-corrected chi connectivity index (χ1v) is 5.75. The third kappa shape index (κ3) is 2.08. The maximum Gasteiger partial charge on any atom is 0.335 e. The standard InChI is InChI=1S/C13H11N3O3/c1-8-2-4-10(19-8)7-16-12-6-9(13(17)18)3-5-11(12)14-15-16/h2-6H,7H2,1H3,(H,17,18). The molecule has 2 heterocycles. The van der Waals surface area contributed by atoms with Crippen molar-refractivity contribution in [1.29, 1.82) is 0 Å². The van der Waals surface area contributed by atoms with Crippen molar-refractivity contribution >= 4 is 17.0 Å². The molecule has 0 fully saturated rings. The molecule has 6 heteroatoms. The van der Waals surface area contributed by atoms with E-state index in [4.69, 9.17) is 9.52 Å². The zero-order chi connectivity index (χ0) is 13.4. The van der Waals surface area contributed by atoms with E-state index in [9.17, 15) is 4.79 Å². The maximum absolute atomic E-state index is 11.0. The highest BCUT2D eigenvalue weighted by Crippen LogP contribution is 2.16. The molecule has 96 valence electrons. The van der Waals surface area contributed by atoms with E-state index in [0.29, 0.717) is 17.6 Å². The van der Waals surface area contributed by atoms with Crippen LogP contribution >= 0.6 is 0 Å². The number of aromatic nitrogens is 3. The highest BCUT2D eigenvalue weighted by atomic mass is 16.4. The van der Waals surface area contributed by atoms with E-state index in [0.717, 1.165) is 11.5 Å². The molecule has 0 amide bonds. The van der Waals surface area contributed by atoms with Crippen molar-refractivity contribution in [3.05, 3.63) is 47.4 Å². The largest absolute Gasteiger partial charge is 0.478 e. The molecule has 2 aromatic heterocycles. The topological polar surface area (TPSA) is 81.2 Å². The molecule has 0 unspecified atom stereocenters. The highest BCUT2D eigenvalue weighted by Gasteiger charge is 2.10. The average Bonchev–Trinajstić information content (AvgIpc) is 2.96. The van der Waals surface area contributed by atoms with Gasteiger partial charge in [0.1, 0.15) is 23.6 Å². The molecular weight excluding hydrogens is 246 g/mol. The number of benzene rings is 1. The van der Waals surface area contributed by atoms with Crippen LogP contribution in [0.2, 0.25) is 0 Å². The van der Waals surface area contributed by atoms with Crippen molar-refractivity contribution < 1.29 is 14.3 Å². The smallest absolute Gasteiger partial charge is 0.335 e. The third-order valence-electron chi connectivity index (χ3n) is 2.86. The third-order valence-corrected chi connectivity index (χ3v) is 2.86. The fourth-order valence-electron chi connectivity index (χ4n) is 1.93. The lowest BCUT2D eigenvalue weighted by Crippen LogP contribution is -2.02. The number of fused-ring (bicyclic) bond motifs is 1. The molecule has 0 saturated carbocycles. The SMILES string of the molecule is Cc1ccc(Cn2nnc3ccc(C(=O)O)cc32)o1. The van der Waals surface area contributed by atoms with Gasteiger partial charge in [-0.05, 0) is 37.3 Å². The van der Waals surface area contributed by atoms with Crippen molar-refractivity contribution in [2.45, 2.75) is 13.5 Å². The lowest BCUT2D eigenvalue weighted by molar-refractivity contribution is 0.0697. The number of hydrogen-bond acceptors (Lipinski definition) is 4. The van der Waals surface area contributed by atoms with Gasteiger partial charge in [0.2, 0.25) is 0 Å². The molecule has 0 aliphatic heterocycles. The van der Waals surface area contributed by atoms with E-state index in [-0.39, 0.29) is 5.56 Å². The maximum atomic E-state index is 11.0. The van der Waals surface area contributed by atoms with Crippen molar-refractivity contribution in [3.63, 3.8) is 0 Å². The minimum absolute atomic E-state index is 0.215. The van der Waals surface area contributed by atoms with Gasteiger partial charge in [-0.3, -0.25) is 0 Å². The van der Waals surface area contributed by atoms with Crippen molar-refractivity contribution in [3.8, 4) is 0 Å². The van der Waals surface area contributed by atoms with Gasteiger partial charge in [-0.25, -0.2) is 9.48 Å². The Bertz CT molecular complexity index is 757. The van der Waals surface area contributed by atoms with Gasteiger partial charge in [0.05, 0.1) is 11.1 Å². The van der Waals surface area contributed by atoms with Gasteiger partial charge in [-0.2, -0.15) is 0 Å². The molecule has 1 aromatic carbocycles. The summed E-state index contributed by atoms with van der Waals surface area (Å²) in [6, 6.07) is 8.46. The molecule has 0 aliphatic carbocycles. The van der Waals surface area contributed by atoms with E-state index in [1.54, 1.807) is 16.8 Å². The number of carboxylic acids is 1. The Kier molecular flexibility index (Phi) is 2.56. The first-order valence-electron chi connectivity index (χ1n) is 5.75. The van der Waals surface area contributed by atoms with Gasteiger partial charge in [0.25, 0.3) is 0 Å². The quantitative estimate of drug-likeness (QED) is 0.776. The molecule has 0 saturated heterocycles. The summed E-state index contributed by atoms with van der Waals surface area (Å²) < 4.78 is 7.10. The van der Waals surface area contributed by atoms with Crippen LogP contribution < -0.4 is 0 Å². The Hall–Kier alpha value is -2.63. The van der Waals surface area contributed by atoms with Crippen molar-refractivity contribution in [2.24, 2.45) is 0 Å². The Morgan fingerprint density at radius 1 is 1.37 bits per heavy atom. The van der Waals surface area contributed by atoms with Gasteiger partial charge in [0, 0.05) is 0 Å². The number of carboxylic acid groups (broad SMARTS) is 1. The van der Waals surface area contributed by atoms with Crippen LogP contribution in [0.15, 0.2) is 34.7 Å². The first-order chi connectivity index (χ1) is 9.13.